The number of benzene rings is 3. The van der Waals surface area contributed by atoms with Crippen molar-refractivity contribution in [3.05, 3.63) is 65.7 Å². The van der Waals surface area contributed by atoms with E-state index in [4.69, 9.17) is 4.74 Å². The minimum Gasteiger partial charge on any atom is -0.507 e. The second-order valence-corrected chi connectivity index (χ2v) is 6.95. The Balaban J connectivity index is 1.82. The molecular formula is C23H23NO3. The van der Waals surface area contributed by atoms with E-state index in [-0.39, 0.29) is 17.6 Å². The lowest BCUT2D eigenvalue weighted by Gasteiger charge is -2.28. The molecule has 138 valence electrons. The molecular weight excluding hydrogens is 338 g/mol. The van der Waals surface area contributed by atoms with Crippen molar-refractivity contribution >= 4 is 22.4 Å². The number of phenolic OH excluding ortho intramolecular Hbond substituents is 1. The van der Waals surface area contributed by atoms with Crippen LogP contribution >= 0.6 is 0 Å². The Labute approximate surface area is 158 Å². The van der Waals surface area contributed by atoms with Crippen molar-refractivity contribution in [2.75, 3.05) is 11.9 Å². The number of carbonyl (C=O) groups is 1. The Morgan fingerprint density at radius 3 is 2.74 bits per heavy atom. The molecule has 1 heterocycles. The summed E-state index contributed by atoms with van der Waals surface area (Å²) in [6.07, 6.45) is 2.46. The van der Waals surface area contributed by atoms with Crippen molar-refractivity contribution in [1.82, 2.24) is 0 Å². The van der Waals surface area contributed by atoms with Crippen molar-refractivity contribution in [2.45, 2.75) is 32.1 Å². The molecule has 0 aliphatic carbocycles. The van der Waals surface area contributed by atoms with Crippen LogP contribution in [0.2, 0.25) is 0 Å². The van der Waals surface area contributed by atoms with Gasteiger partial charge < -0.3 is 15.2 Å². The summed E-state index contributed by atoms with van der Waals surface area (Å²) in [6.45, 7) is 2.81. The first-order chi connectivity index (χ1) is 13.2. The molecule has 3 aromatic carbocycles. The summed E-state index contributed by atoms with van der Waals surface area (Å²) in [5.74, 6) is 0.965. The fourth-order valence-electron chi connectivity index (χ4n) is 3.78. The highest BCUT2D eigenvalue weighted by Crippen LogP contribution is 2.44. The number of hydrogen-bond acceptors (Lipinski definition) is 3. The Kier molecular flexibility index (Phi) is 4.71. The minimum absolute atomic E-state index is 0.0216. The molecule has 2 N–H and O–H groups in total. The fraction of sp³-hybridized carbons (Fsp3) is 0.261. The van der Waals surface area contributed by atoms with Gasteiger partial charge in [-0.2, -0.15) is 0 Å². The van der Waals surface area contributed by atoms with E-state index < -0.39 is 0 Å². The van der Waals surface area contributed by atoms with Crippen LogP contribution in [0.5, 0.6) is 11.5 Å². The normalized spacial score (nSPS) is 16.0. The zero-order valence-corrected chi connectivity index (χ0v) is 15.4. The lowest BCUT2D eigenvalue weighted by molar-refractivity contribution is -0.116. The number of para-hydroxylation sites is 1. The molecule has 27 heavy (non-hydrogen) atoms. The zero-order chi connectivity index (χ0) is 18.8. The summed E-state index contributed by atoms with van der Waals surface area (Å²) >= 11 is 0. The largest absolute Gasteiger partial charge is 0.507 e. The number of unbranched alkanes of at least 4 members (excludes halogenated alkanes) is 1. The second-order valence-electron chi connectivity index (χ2n) is 6.95. The molecule has 1 amide bonds. The number of nitrogens with one attached hydrogen (secondary N) is 1. The monoisotopic (exact) mass is 361 g/mol. The molecule has 1 aliphatic rings. The van der Waals surface area contributed by atoms with E-state index in [0.717, 1.165) is 46.2 Å². The molecule has 4 heteroatoms. The molecule has 4 nitrogen and oxygen atoms in total. The molecule has 1 aliphatic heterocycles. The third kappa shape index (κ3) is 3.23. The number of fused-ring (bicyclic) bond motifs is 3. The van der Waals surface area contributed by atoms with Crippen LogP contribution in [-0.4, -0.2) is 17.6 Å². The van der Waals surface area contributed by atoms with E-state index in [9.17, 15) is 9.90 Å². The summed E-state index contributed by atoms with van der Waals surface area (Å²) in [6, 6.07) is 17.3. The van der Waals surface area contributed by atoms with Gasteiger partial charge in [0.25, 0.3) is 0 Å². The average molecular weight is 361 g/mol. The zero-order valence-electron chi connectivity index (χ0n) is 15.4. The van der Waals surface area contributed by atoms with Crippen molar-refractivity contribution in [3.8, 4) is 11.5 Å². The topological polar surface area (TPSA) is 58.6 Å². The van der Waals surface area contributed by atoms with Gasteiger partial charge in [0.2, 0.25) is 5.91 Å². The third-order valence-corrected chi connectivity index (χ3v) is 5.15. The van der Waals surface area contributed by atoms with Gasteiger partial charge in [0.1, 0.15) is 11.5 Å². The van der Waals surface area contributed by atoms with Crippen molar-refractivity contribution in [2.24, 2.45) is 0 Å². The van der Waals surface area contributed by atoms with E-state index in [1.165, 1.54) is 0 Å². The summed E-state index contributed by atoms with van der Waals surface area (Å²) < 4.78 is 6.02. The van der Waals surface area contributed by atoms with Gasteiger partial charge in [-0.15, -0.1) is 0 Å². The number of phenols is 1. The van der Waals surface area contributed by atoms with E-state index >= 15 is 0 Å². The first-order valence-electron chi connectivity index (χ1n) is 9.45. The van der Waals surface area contributed by atoms with Crippen molar-refractivity contribution < 1.29 is 14.6 Å². The number of amides is 1. The van der Waals surface area contributed by atoms with Crippen LogP contribution in [0.4, 0.5) is 5.69 Å². The number of rotatable bonds is 5. The van der Waals surface area contributed by atoms with Crippen molar-refractivity contribution in [3.63, 3.8) is 0 Å². The molecule has 0 aromatic heterocycles. The van der Waals surface area contributed by atoms with Crippen LogP contribution in [-0.2, 0) is 4.79 Å². The summed E-state index contributed by atoms with van der Waals surface area (Å²) in [7, 11) is 0. The lowest BCUT2D eigenvalue weighted by atomic mass is 9.83. The Hall–Kier alpha value is -3.01. The number of anilines is 1. The minimum atomic E-state index is -0.0710. The molecule has 0 bridgehead atoms. The first-order valence-corrected chi connectivity index (χ1v) is 9.45. The van der Waals surface area contributed by atoms with Gasteiger partial charge in [0.15, 0.2) is 0 Å². The standard InChI is InChI=1S/C23H23NO3/c1-2-3-13-27-21-10-5-4-7-16(21)19-14-22(26)24-23-17-8-6-9-20(25)15(17)11-12-18(19)23/h4-12,19,25H,2-3,13-14H2,1H3,(H,24,26)/t19-/m0/s1. The number of aromatic hydroxyl groups is 1. The van der Waals surface area contributed by atoms with Crippen LogP contribution in [0.3, 0.4) is 0 Å². The van der Waals surface area contributed by atoms with Crippen LogP contribution < -0.4 is 10.1 Å². The van der Waals surface area contributed by atoms with E-state index in [1.807, 2.05) is 42.5 Å². The molecule has 0 saturated carbocycles. The Morgan fingerprint density at radius 2 is 1.89 bits per heavy atom. The molecule has 1 atom stereocenters. The molecule has 0 unspecified atom stereocenters. The van der Waals surface area contributed by atoms with Crippen molar-refractivity contribution in [1.29, 1.82) is 0 Å². The highest BCUT2D eigenvalue weighted by atomic mass is 16.5. The smallest absolute Gasteiger partial charge is 0.225 e. The molecule has 4 rings (SSSR count). The van der Waals surface area contributed by atoms with Gasteiger partial charge in [-0.05, 0) is 24.1 Å². The van der Waals surface area contributed by atoms with Crippen LogP contribution in [0.15, 0.2) is 54.6 Å². The van der Waals surface area contributed by atoms with E-state index in [0.29, 0.717) is 13.0 Å². The quantitative estimate of drug-likeness (QED) is 0.614. The maximum absolute atomic E-state index is 12.5. The predicted octanol–water partition coefficient (Wildman–Crippen LogP) is 5.20. The number of ether oxygens (including phenoxy) is 1. The molecule has 0 spiro atoms. The highest BCUT2D eigenvalue weighted by molar-refractivity contribution is 6.07. The molecule has 3 aromatic rings. The lowest BCUT2D eigenvalue weighted by Crippen LogP contribution is -2.24. The summed E-state index contributed by atoms with van der Waals surface area (Å²) in [4.78, 5) is 12.5. The second kappa shape index (κ2) is 7.31. The van der Waals surface area contributed by atoms with Gasteiger partial charge in [-0.25, -0.2) is 0 Å². The maximum atomic E-state index is 12.5. The maximum Gasteiger partial charge on any atom is 0.225 e. The third-order valence-electron chi connectivity index (χ3n) is 5.15. The van der Waals surface area contributed by atoms with Gasteiger partial charge in [-0.3, -0.25) is 4.79 Å². The van der Waals surface area contributed by atoms with Gasteiger partial charge in [0.05, 0.1) is 12.3 Å². The molecule has 0 fully saturated rings. The summed E-state index contributed by atoms with van der Waals surface area (Å²) in [5, 5.41) is 14.8. The van der Waals surface area contributed by atoms with E-state index in [1.54, 1.807) is 12.1 Å². The van der Waals surface area contributed by atoms with Gasteiger partial charge in [-0.1, -0.05) is 55.8 Å². The highest BCUT2D eigenvalue weighted by Gasteiger charge is 2.29. The van der Waals surface area contributed by atoms with Gasteiger partial charge in [0, 0.05) is 28.7 Å². The number of carbonyl (C=O) groups excluding carboxylic acids is 1. The molecule has 0 radical (unpaired) electrons. The number of hydrogen-bond donors (Lipinski definition) is 2. The SMILES string of the molecule is CCCCOc1ccccc1[C@@H]1CC(=O)Nc2c1ccc1c(O)cccc21. The molecule has 0 saturated heterocycles. The summed E-state index contributed by atoms with van der Waals surface area (Å²) in [5.41, 5.74) is 2.87. The van der Waals surface area contributed by atoms with Crippen LogP contribution in [0.25, 0.3) is 10.8 Å². The average Bonchev–Trinajstić information content (AvgIpc) is 2.68. The predicted molar refractivity (Wildman–Crippen MR) is 108 cm³/mol. The fourth-order valence-corrected chi connectivity index (χ4v) is 3.78. The Morgan fingerprint density at radius 1 is 1.04 bits per heavy atom. The first kappa shape index (κ1) is 17.4. The Bertz CT molecular complexity index is 996. The van der Waals surface area contributed by atoms with E-state index in [2.05, 4.69) is 12.2 Å². The van der Waals surface area contributed by atoms with Crippen LogP contribution in [0, 0.1) is 0 Å². The van der Waals surface area contributed by atoms with Gasteiger partial charge >= 0.3 is 0 Å². The van der Waals surface area contributed by atoms with Crippen LogP contribution in [0.1, 0.15) is 43.2 Å².